The van der Waals surface area contributed by atoms with Crippen molar-refractivity contribution in [3.63, 3.8) is 0 Å². The molecule has 4 heterocycles. The number of anilines is 4. The van der Waals surface area contributed by atoms with Gasteiger partial charge in [0.1, 0.15) is 17.0 Å². The summed E-state index contributed by atoms with van der Waals surface area (Å²) in [7, 11) is 0. The molecule has 0 spiro atoms. The van der Waals surface area contributed by atoms with E-state index in [9.17, 15) is 0 Å². The maximum Gasteiger partial charge on any atom is 0.136 e. The van der Waals surface area contributed by atoms with Gasteiger partial charge in [-0.05, 0) is 64.1 Å². The smallest absolute Gasteiger partial charge is 0.136 e. The molecule has 1 aliphatic heterocycles. The van der Waals surface area contributed by atoms with E-state index < -0.39 is 60.4 Å². The van der Waals surface area contributed by atoms with Gasteiger partial charge in [-0.25, -0.2) is 4.98 Å². The van der Waals surface area contributed by atoms with Crippen LogP contribution in [0.5, 0.6) is 11.5 Å². The zero-order valence-corrected chi connectivity index (χ0v) is 38.6. The molecule has 0 saturated heterocycles. The number of fused-ring (bicyclic) bond motifs is 6. The van der Waals surface area contributed by atoms with Gasteiger partial charge in [-0.3, -0.25) is 0 Å². The first-order valence-corrected chi connectivity index (χ1v) is 21.5. The maximum absolute atomic E-state index is 9.12. The zero-order chi connectivity index (χ0) is 53.1. The van der Waals surface area contributed by atoms with E-state index in [0.29, 0.717) is 45.5 Å². The quantitative estimate of drug-likeness (QED) is 0.142. The molecule has 6 nitrogen and oxygen atoms in total. The molecule has 0 N–H and O–H groups in total. The van der Waals surface area contributed by atoms with Gasteiger partial charge in [0.05, 0.1) is 19.2 Å². The van der Waals surface area contributed by atoms with E-state index in [4.69, 9.17) is 27.8 Å². The summed E-state index contributed by atoms with van der Waals surface area (Å²) in [5, 5.41) is 1.74. The molecule has 0 atom stereocenters. The Kier molecular flexibility index (Phi) is 8.12. The molecule has 0 bridgehead atoms. The predicted molar refractivity (Wildman–Crippen MR) is 269 cm³/mol. The molecule has 11 aromatic rings. The van der Waals surface area contributed by atoms with Crippen molar-refractivity contribution < 1.29 is 43.9 Å². The van der Waals surface area contributed by atoms with Gasteiger partial charge < -0.3 is 23.5 Å². The summed E-state index contributed by atoms with van der Waals surface area (Å²) >= 11 is 0. The number of ether oxygens (including phenoxy) is 1. The van der Waals surface area contributed by atoms with E-state index in [1.54, 1.807) is 29.8 Å². The van der Waals surface area contributed by atoms with Crippen molar-refractivity contribution in [3.8, 4) is 50.7 Å². The summed E-state index contributed by atoms with van der Waals surface area (Å²) in [6.45, 7) is 8.25. The SMILES string of the molecule is [2H]c1c([2H])c([2H])c(-c2cccc(-c3c([2H])c([2H])c([2H])c([2H])c3[2H])c2N2[CH-]N(c3[c-]c(Oc4[c-]c5c(cc4)c4oc6ccccc6c4n5-c4cc(C(C)(C)C)ccn4)cc(-c4ccccc4)c3)c3ccccc32)c([2H])c1[2H].[Pt]. The number of aromatic nitrogens is 2. The Balaban J connectivity index is 0.00000631. The van der Waals surface area contributed by atoms with Gasteiger partial charge in [-0.2, -0.15) is 6.07 Å². The molecular formula is C60H43N4O2Pt-3. The van der Waals surface area contributed by atoms with E-state index >= 15 is 0 Å². The van der Waals surface area contributed by atoms with E-state index in [1.807, 2.05) is 120 Å². The Bertz CT molecular complexity index is 4070. The number of hydrogen-bond acceptors (Lipinski definition) is 5. The largest absolute Gasteiger partial charge is 0.509 e. The Labute approximate surface area is 418 Å². The normalized spacial score (nSPS) is 14.6. The summed E-state index contributed by atoms with van der Waals surface area (Å²) in [4.78, 5) is 8.52. The van der Waals surface area contributed by atoms with Crippen LogP contribution in [0.3, 0.4) is 0 Å². The van der Waals surface area contributed by atoms with Gasteiger partial charge >= 0.3 is 0 Å². The fourth-order valence-electron chi connectivity index (χ4n) is 8.75. The molecule has 0 aliphatic carbocycles. The van der Waals surface area contributed by atoms with Gasteiger partial charge in [0.25, 0.3) is 0 Å². The van der Waals surface area contributed by atoms with Crippen LogP contribution in [-0.4, -0.2) is 9.55 Å². The van der Waals surface area contributed by atoms with Gasteiger partial charge in [0.15, 0.2) is 0 Å². The average molecular weight is 1060 g/mol. The molecule has 0 unspecified atom stereocenters. The number of benzene rings is 8. The van der Waals surface area contributed by atoms with Gasteiger partial charge in [0, 0.05) is 72.3 Å². The van der Waals surface area contributed by atoms with E-state index in [2.05, 4.69) is 43.5 Å². The van der Waals surface area contributed by atoms with Gasteiger partial charge in [-0.15, -0.1) is 48.3 Å². The fraction of sp³-hybridized carbons (Fsp3) is 0.0667. The molecule has 7 heteroatoms. The van der Waals surface area contributed by atoms with Crippen molar-refractivity contribution >= 4 is 55.7 Å². The third kappa shape index (κ3) is 7.48. The summed E-state index contributed by atoms with van der Waals surface area (Å²) < 4.78 is 103. The summed E-state index contributed by atoms with van der Waals surface area (Å²) in [5.74, 6) is 1.43. The van der Waals surface area contributed by atoms with Crippen molar-refractivity contribution in [1.82, 2.24) is 9.55 Å². The molecular weight excluding hydrogens is 1000 g/mol. The summed E-state index contributed by atoms with van der Waals surface area (Å²) in [6.07, 6.45) is 1.82. The third-order valence-corrected chi connectivity index (χ3v) is 11.9. The van der Waals surface area contributed by atoms with E-state index in [1.165, 1.54) is 0 Å². The number of nitrogens with zero attached hydrogens (tertiary/aromatic N) is 4. The number of hydrogen-bond donors (Lipinski definition) is 0. The molecule has 0 radical (unpaired) electrons. The first kappa shape index (κ1) is 32.1. The predicted octanol–water partition coefficient (Wildman–Crippen LogP) is 16.0. The molecule has 1 aliphatic rings. The van der Waals surface area contributed by atoms with E-state index in [0.717, 1.165) is 38.6 Å². The number of pyridine rings is 1. The van der Waals surface area contributed by atoms with Crippen LogP contribution in [0.1, 0.15) is 40.0 Å². The zero-order valence-electron chi connectivity index (χ0n) is 46.3. The first-order chi connectivity index (χ1) is 36.5. The van der Waals surface area contributed by atoms with Crippen LogP contribution < -0.4 is 14.5 Å². The Morgan fingerprint density at radius 3 is 2.00 bits per heavy atom. The Morgan fingerprint density at radius 1 is 0.612 bits per heavy atom. The second-order valence-electron chi connectivity index (χ2n) is 17.0. The summed E-state index contributed by atoms with van der Waals surface area (Å²) in [6, 6.07) is 43.6. The van der Waals surface area contributed by atoms with Crippen LogP contribution in [0.2, 0.25) is 0 Å². The Hall–Kier alpha value is -7.66. The topological polar surface area (TPSA) is 46.7 Å². The second-order valence-corrected chi connectivity index (χ2v) is 17.0. The van der Waals surface area contributed by atoms with Crippen LogP contribution in [0, 0.1) is 18.8 Å². The van der Waals surface area contributed by atoms with Crippen molar-refractivity contribution in [3.05, 3.63) is 224 Å². The van der Waals surface area contributed by atoms with Crippen molar-refractivity contribution in [1.29, 1.82) is 0 Å². The number of para-hydroxylation sites is 4. The molecule has 0 saturated carbocycles. The van der Waals surface area contributed by atoms with Crippen LogP contribution in [0.4, 0.5) is 22.7 Å². The molecule has 8 aromatic carbocycles. The average Bonchev–Trinajstić information content (AvgIpc) is 4.10. The minimum absolute atomic E-state index is 0. The van der Waals surface area contributed by atoms with Crippen molar-refractivity contribution in [2.45, 2.75) is 26.2 Å². The number of rotatable bonds is 8. The van der Waals surface area contributed by atoms with Crippen LogP contribution in [-0.2, 0) is 26.5 Å². The number of furan rings is 1. The molecule has 12 rings (SSSR count). The standard InChI is InChI=1S/C60H43N4O2.Pt/c1-60(2,3)44-32-33-61-56(36-44)64-54-38-46(30-31-50(54)59-58(64)51-24-13-16-29-55(51)66-59)65-47-35-43(40-18-7-4-8-19-40)34-45(37-47)62-39-63(53-28-15-14-27-52(53)62)57-48(41-20-9-5-10-21-41)25-17-26-49(57)42-22-11-6-12-23-42;/h4-36,39H,1-3H3;/q-3;/i5D,6D,9D,10D,11D,12D,20D,21D,22D,23D;. The van der Waals surface area contributed by atoms with Crippen molar-refractivity contribution in [2.24, 2.45) is 0 Å². The molecule has 328 valence electrons. The third-order valence-electron chi connectivity index (χ3n) is 11.9. The minimum atomic E-state index is -0.573. The van der Waals surface area contributed by atoms with Crippen LogP contribution in [0.25, 0.3) is 72.2 Å². The first-order valence-electron chi connectivity index (χ1n) is 26.5. The monoisotopic (exact) mass is 1060 g/mol. The molecule has 67 heavy (non-hydrogen) atoms. The maximum atomic E-state index is 9.12. The van der Waals surface area contributed by atoms with E-state index in [-0.39, 0.29) is 54.4 Å². The molecule has 0 fully saturated rings. The van der Waals surface area contributed by atoms with Gasteiger partial charge in [0.2, 0.25) is 0 Å². The van der Waals surface area contributed by atoms with Crippen LogP contribution in [0.15, 0.2) is 204 Å². The fourth-order valence-corrected chi connectivity index (χ4v) is 8.75. The molecule has 3 aromatic heterocycles. The Morgan fingerprint density at radius 2 is 1.28 bits per heavy atom. The second kappa shape index (κ2) is 17.0. The van der Waals surface area contributed by atoms with Crippen LogP contribution >= 0.6 is 0 Å². The minimum Gasteiger partial charge on any atom is -0.509 e. The van der Waals surface area contributed by atoms with Gasteiger partial charge in [-0.1, -0.05) is 165 Å². The molecule has 0 amide bonds. The van der Waals surface area contributed by atoms with Crippen molar-refractivity contribution in [2.75, 3.05) is 9.80 Å². The summed E-state index contributed by atoms with van der Waals surface area (Å²) in [5.41, 5.74) is 7.60.